The minimum atomic E-state index is -2.58. The number of alkyl halides is 2. The van der Waals surface area contributed by atoms with E-state index in [0.29, 0.717) is 48.1 Å². The number of fused-ring (bicyclic) bond motifs is 1. The molecule has 184 valence electrons. The van der Waals surface area contributed by atoms with Crippen molar-refractivity contribution >= 4 is 22.8 Å². The number of aliphatic hydroxyl groups excluding tert-OH is 1. The molecule has 4 N–H and O–H groups in total. The van der Waals surface area contributed by atoms with Gasteiger partial charge in [0, 0.05) is 31.2 Å². The van der Waals surface area contributed by atoms with Crippen LogP contribution in [0.2, 0.25) is 0 Å². The van der Waals surface area contributed by atoms with Crippen LogP contribution in [0.1, 0.15) is 62.1 Å². The van der Waals surface area contributed by atoms with Crippen molar-refractivity contribution in [3.05, 3.63) is 41.1 Å². The van der Waals surface area contributed by atoms with E-state index in [1.54, 1.807) is 23.0 Å². The number of hydrogen-bond donors (Lipinski definition) is 3. The van der Waals surface area contributed by atoms with Crippen LogP contribution in [-0.4, -0.2) is 50.6 Å². The molecule has 1 aromatic carbocycles. The molecule has 1 aliphatic rings. The number of nitrogen functional groups attached to an aromatic ring is 1. The number of hydrogen-bond acceptors (Lipinski definition) is 7. The number of rotatable bonds is 12. The van der Waals surface area contributed by atoms with Crippen LogP contribution in [0, 0.1) is 0 Å². The van der Waals surface area contributed by atoms with Gasteiger partial charge in [-0.2, -0.15) is 10.1 Å². The fourth-order valence-electron chi connectivity index (χ4n) is 4.21. The molecule has 0 unspecified atom stereocenters. The van der Waals surface area contributed by atoms with Crippen LogP contribution < -0.4 is 16.0 Å². The van der Waals surface area contributed by atoms with Crippen LogP contribution in [0.5, 0.6) is 0 Å². The van der Waals surface area contributed by atoms with E-state index in [1.807, 2.05) is 11.0 Å². The molecule has 0 bridgehead atoms. The third kappa shape index (κ3) is 5.61. The predicted molar refractivity (Wildman–Crippen MR) is 129 cm³/mol. The van der Waals surface area contributed by atoms with Crippen LogP contribution in [0.4, 0.5) is 20.5 Å². The van der Waals surface area contributed by atoms with Crippen molar-refractivity contribution in [3.8, 4) is 0 Å². The molecule has 2 aromatic heterocycles. The molecule has 0 aliphatic heterocycles. The van der Waals surface area contributed by atoms with Gasteiger partial charge >= 0.3 is 0 Å². The monoisotopic (exact) mass is 473 g/mol. The summed E-state index contributed by atoms with van der Waals surface area (Å²) in [4.78, 5) is 10.6. The lowest BCUT2D eigenvalue weighted by Gasteiger charge is -2.26. The number of aliphatic hydroxyl groups is 1. The molecule has 0 amide bonds. The zero-order chi connectivity index (χ0) is 24.1. The van der Waals surface area contributed by atoms with E-state index in [4.69, 9.17) is 5.73 Å². The SMILES string of the molecule is CCCCN(CCO)c1nc(N)nc2cn(Cc3ccc(CNC4CCC4)cc3C(F)F)nc12. The molecule has 1 saturated carbocycles. The van der Waals surface area contributed by atoms with Gasteiger partial charge < -0.3 is 21.1 Å². The number of unbranched alkanes of at least 4 members (excludes halogenated alkanes) is 1. The zero-order valence-corrected chi connectivity index (χ0v) is 19.6. The Morgan fingerprint density at radius 3 is 2.76 bits per heavy atom. The van der Waals surface area contributed by atoms with Crippen molar-refractivity contribution < 1.29 is 13.9 Å². The summed E-state index contributed by atoms with van der Waals surface area (Å²) in [5.41, 5.74) is 8.41. The Morgan fingerprint density at radius 1 is 1.26 bits per heavy atom. The molecule has 34 heavy (non-hydrogen) atoms. The van der Waals surface area contributed by atoms with E-state index in [-0.39, 0.29) is 24.7 Å². The van der Waals surface area contributed by atoms with Crippen molar-refractivity contribution in [3.63, 3.8) is 0 Å². The lowest BCUT2D eigenvalue weighted by atomic mass is 9.93. The van der Waals surface area contributed by atoms with Crippen LogP contribution in [0.15, 0.2) is 24.4 Å². The van der Waals surface area contributed by atoms with Gasteiger partial charge in [-0.15, -0.1) is 0 Å². The molecule has 1 aliphatic carbocycles. The fourth-order valence-corrected chi connectivity index (χ4v) is 4.21. The third-order valence-electron chi connectivity index (χ3n) is 6.34. The van der Waals surface area contributed by atoms with Crippen molar-refractivity contribution in [2.24, 2.45) is 0 Å². The maximum Gasteiger partial charge on any atom is 0.264 e. The summed E-state index contributed by atoms with van der Waals surface area (Å²) in [5, 5.41) is 17.6. The highest BCUT2D eigenvalue weighted by atomic mass is 19.3. The first-order valence-electron chi connectivity index (χ1n) is 12.0. The Labute approximate surface area is 198 Å². The molecule has 4 rings (SSSR count). The normalized spacial score (nSPS) is 14.1. The van der Waals surface area contributed by atoms with Gasteiger partial charge in [0.05, 0.1) is 19.3 Å². The van der Waals surface area contributed by atoms with Crippen LogP contribution in [0.3, 0.4) is 0 Å². The number of halogens is 2. The minimum Gasteiger partial charge on any atom is -0.395 e. The molecule has 0 saturated heterocycles. The second-order valence-electron chi connectivity index (χ2n) is 8.87. The molecular weight excluding hydrogens is 440 g/mol. The number of aromatic nitrogens is 4. The number of nitrogens with zero attached hydrogens (tertiary/aromatic N) is 5. The highest BCUT2D eigenvalue weighted by Crippen LogP contribution is 2.28. The highest BCUT2D eigenvalue weighted by molar-refractivity contribution is 5.86. The molecular formula is C24H33F2N7O. The van der Waals surface area contributed by atoms with Gasteiger partial charge in [0.1, 0.15) is 5.52 Å². The van der Waals surface area contributed by atoms with Crippen molar-refractivity contribution in [1.29, 1.82) is 0 Å². The van der Waals surface area contributed by atoms with Gasteiger partial charge in [-0.1, -0.05) is 31.9 Å². The first-order valence-corrected chi connectivity index (χ1v) is 12.0. The van der Waals surface area contributed by atoms with Crippen molar-refractivity contribution in [2.45, 2.75) is 64.6 Å². The van der Waals surface area contributed by atoms with E-state index in [0.717, 1.165) is 31.2 Å². The van der Waals surface area contributed by atoms with Gasteiger partial charge in [-0.25, -0.2) is 13.8 Å². The van der Waals surface area contributed by atoms with E-state index in [9.17, 15) is 13.9 Å². The number of nitrogens with one attached hydrogen (secondary N) is 1. The van der Waals surface area contributed by atoms with E-state index in [1.165, 1.54) is 6.42 Å². The number of anilines is 2. The van der Waals surface area contributed by atoms with Gasteiger partial charge in [-0.05, 0) is 36.5 Å². The summed E-state index contributed by atoms with van der Waals surface area (Å²) in [6, 6.07) is 5.74. The lowest BCUT2D eigenvalue weighted by molar-refractivity contribution is 0.150. The number of nitrogens with two attached hydrogens (primary N) is 1. The average Bonchev–Trinajstić information content (AvgIpc) is 3.17. The van der Waals surface area contributed by atoms with E-state index >= 15 is 0 Å². The third-order valence-corrected chi connectivity index (χ3v) is 6.34. The van der Waals surface area contributed by atoms with Crippen LogP contribution in [0.25, 0.3) is 11.0 Å². The Bertz CT molecular complexity index is 1100. The Balaban J connectivity index is 1.60. The fraction of sp³-hybridized carbons (Fsp3) is 0.542. The van der Waals surface area contributed by atoms with Crippen LogP contribution >= 0.6 is 0 Å². The molecule has 3 aromatic rings. The van der Waals surface area contributed by atoms with Gasteiger partial charge in [-0.3, -0.25) is 4.68 Å². The summed E-state index contributed by atoms with van der Waals surface area (Å²) >= 11 is 0. The predicted octanol–water partition coefficient (Wildman–Crippen LogP) is 3.64. The Kier molecular flexibility index (Phi) is 7.89. The summed E-state index contributed by atoms with van der Waals surface area (Å²) in [6.45, 7) is 3.92. The first kappa shape index (κ1) is 24.3. The topological polar surface area (TPSA) is 105 Å². The van der Waals surface area contributed by atoms with Crippen molar-refractivity contribution in [2.75, 3.05) is 30.3 Å². The molecule has 10 heteroatoms. The summed E-state index contributed by atoms with van der Waals surface area (Å²) in [7, 11) is 0. The largest absolute Gasteiger partial charge is 0.395 e. The molecule has 0 radical (unpaired) electrons. The first-order chi connectivity index (χ1) is 16.5. The summed E-state index contributed by atoms with van der Waals surface area (Å²) in [5.74, 6) is 0.660. The smallest absolute Gasteiger partial charge is 0.264 e. The average molecular weight is 474 g/mol. The quantitative estimate of drug-likeness (QED) is 0.369. The van der Waals surface area contributed by atoms with Crippen LogP contribution in [-0.2, 0) is 13.1 Å². The van der Waals surface area contributed by atoms with Gasteiger partial charge in [0.2, 0.25) is 5.95 Å². The Morgan fingerprint density at radius 2 is 2.09 bits per heavy atom. The molecule has 1 fully saturated rings. The second kappa shape index (κ2) is 11.1. The summed E-state index contributed by atoms with van der Waals surface area (Å²) < 4.78 is 29.4. The number of benzene rings is 1. The van der Waals surface area contributed by atoms with Gasteiger partial charge in [0.25, 0.3) is 6.43 Å². The Hall–Kier alpha value is -2.85. The van der Waals surface area contributed by atoms with E-state index < -0.39 is 6.43 Å². The van der Waals surface area contributed by atoms with Gasteiger partial charge in [0.15, 0.2) is 11.3 Å². The standard InChI is InChI=1S/C24H33F2N7O/c1-2-3-9-32(10-11-34)23-21-20(29-24(27)30-23)15-33(31-21)14-17-8-7-16(12-19(17)22(25)26)13-28-18-5-4-6-18/h7-8,12,15,18,22,28,34H,2-6,9-11,13-14H2,1H3,(H2,27,29). The molecule has 8 nitrogen and oxygen atoms in total. The maximum atomic E-state index is 13.9. The maximum absolute atomic E-state index is 13.9. The van der Waals surface area contributed by atoms with E-state index in [2.05, 4.69) is 27.3 Å². The minimum absolute atomic E-state index is 0.0168. The van der Waals surface area contributed by atoms with Crippen molar-refractivity contribution in [1.82, 2.24) is 25.1 Å². The molecule has 2 heterocycles. The second-order valence-corrected chi connectivity index (χ2v) is 8.87. The molecule has 0 atom stereocenters. The molecule has 0 spiro atoms. The summed E-state index contributed by atoms with van der Waals surface area (Å²) in [6.07, 6.45) is 4.56. The highest BCUT2D eigenvalue weighted by Gasteiger charge is 2.20. The zero-order valence-electron chi connectivity index (χ0n) is 19.6. The lowest BCUT2D eigenvalue weighted by Crippen LogP contribution is -2.34.